The van der Waals surface area contributed by atoms with Crippen LogP contribution in [0, 0.1) is 6.92 Å². The van der Waals surface area contributed by atoms with Crippen molar-refractivity contribution in [3.8, 4) is 5.75 Å². The van der Waals surface area contributed by atoms with E-state index in [1.165, 1.54) is 32.0 Å². The normalized spacial score (nSPS) is 11.1. The van der Waals surface area contributed by atoms with Crippen LogP contribution in [0.4, 0.5) is 18.9 Å². The van der Waals surface area contributed by atoms with Gasteiger partial charge in [0.15, 0.2) is 12.4 Å². The minimum absolute atomic E-state index is 0.0315. The van der Waals surface area contributed by atoms with Gasteiger partial charge in [-0.3, -0.25) is 9.59 Å². The molecular formula is C18H16F3NO3. The van der Waals surface area contributed by atoms with Gasteiger partial charge < -0.3 is 10.1 Å². The summed E-state index contributed by atoms with van der Waals surface area (Å²) >= 11 is 0. The summed E-state index contributed by atoms with van der Waals surface area (Å²) in [6.07, 6.45) is -4.49. The monoisotopic (exact) mass is 351 g/mol. The minimum atomic E-state index is -4.49. The smallest absolute Gasteiger partial charge is 0.416 e. The van der Waals surface area contributed by atoms with Gasteiger partial charge in [0.1, 0.15) is 5.75 Å². The van der Waals surface area contributed by atoms with Crippen LogP contribution in [0.25, 0.3) is 0 Å². The third kappa shape index (κ3) is 5.07. The summed E-state index contributed by atoms with van der Waals surface area (Å²) in [5.74, 6) is -0.429. The van der Waals surface area contributed by atoms with Gasteiger partial charge in [0.25, 0.3) is 5.91 Å². The Morgan fingerprint density at radius 3 is 2.48 bits per heavy atom. The molecule has 0 aromatic heterocycles. The molecule has 0 aliphatic heterocycles. The number of rotatable bonds is 5. The summed E-state index contributed by atoms with van der Waals surface area (Å²) in [7, 11) is 0. The highest BCUT2D eigenvalue weighted by molar-refractivity contribution is 5.94. The van der Waals surface area contributed by atoms with Gasteiger partial charge in [-0.2, -0.15) is 13.2 Å². The Balaban J connectivity index is 2.01. The topological polar surface area (TPSA) is 55.4 Å². The number of carbonyl (C=O) groups excluding carboxylic acids is 2. The van der Waals surface area contributed by atoms with Gasteiger partial charge in [-0.15, -0.1) is 0 Å². The van der Waals surface area contributed by atoms with Gasteiger partial charge in [-0.1, -0.05) is 18.2 Å². The lowest BCUT2D eigenvalue weighted by Gasteiger charge is -2.13. The average Bonchev–Trinajstić information content (AvgIpc) is 2.54. The number of hydrogen-bond acceptors (Lipinski definition) is 3. The van der Waals surface area contributed by atoms with Gasteiger partial charge in [0, 0.05) is 11.3 Å². The second kappa shape index (κ2) is 7.38. The van der Waals surface area contributed by atoms with E-state index in [0.29, 0.717) is 11.3 Å². The molecule has 0 saturated heterocycles. The van der Waals surface area contributed by atoms with E-state index in [9.17, 15) is 22.8 Å². The van der Waals surface area contributed by atoms with Gasteiger partial charge in [0.05, 0.1) is 5.56 Å². The highest BCUT2D eigenvalue weighted by Crippen LogP contribution is 2.33. The molecule has 0 radical (unpaired) electrons. The molecule has 25 heavy (non-hydrogen) atoms. The number of carbonyl (C=O) groups is 2. The third-order valence-corrected chi connectivity index (χ3v) is 3.44. The van der Waals surface area contributed by atoms with E-state index < -0.39 is 24.3 Å². The first-order valence-corrected chi connectivity index (χ1v) is 7.38. The van der Waals surface area contributed by atoms with Crippen LogP contribution >= 0.6 is 0 Å². The molecule has 0 heterocycles. The quantitative estimate of drug-likeness (QED) is 0.820. The zero-order valence-corrected chi connectivity index (χ0v) is 13.6. The Morgan fingerprint density at radius 2 is 1.84 bits per heavy atom. The summed E-state index contributed by atoms with van der Waals surface area (Å²) < 4.78 is 43.9. The van der Waals surface area contributed by atoms with Crippen LogP contribution in [0.5, 0.6) is 5.75 Å². The molecule has 1 amide bonds. The third-order valence-electron chi connectivity index (χ3n) is 3.44. The fourth-order valence-corrected chi connectivity index (χ4v) is 2.16. The molecule has 2 rings (SSSR count). The predicted octanol–water partition coefficient (Wildman–Crippen LogP) is 4.23. The molecular weight excluding hydrogens is 335 g/mol. The van der Waals surface area contributed by atoms with Crippen LogP contribution in [0.1, 0.15) is 28.4 Å². The summed E-state index contributed by atoms with van der Waals surface area (Å²) in [4.78, 5) is 23.2. The molecule has 0 fully saturated rings. The van der Waals surface area contributed by atoms with Crippen molar-refractivity contribution >= 4 is 17.4 Å². The summed E-state index contributed by atoms with van der Waals surface area (Å²) in [6.45, 7) is 2.36. The first kappa shape index (κ1) is 18.5. The van der Waals surface area contributed by atoms with E-state index in [1.807, 2.05) is 0 Å². The average molecular weight is 351 g/mol. The SMILES string of the molecule is CC(=O)c1cccc(OCC(=O)Nc2ccc(C)c(C(F)(F)F)c2)c1. The van der Waals surface area contributed by atoms with Gasteiger partial charge in [-0.25, -0.2) is 0 Å². The maximum Gasteiger partial charge on any atom is 0.416 e. The van der Waals surface area contributed by atoms with Crippen LogP contribution in [0.3, 0.4) is 0 Å². The van der Waals surface area contributed by atoms with E-state index in [-0.39, 0.29) is 17.0 Å². The number of Topliss-reactive ketones (excluding diaryl/α,β-unsaturated/α-hetero) is 1. The number of anilines is 1. The molecule has 7 heteroatoms. The van der Waals surface area contributed by atoms with E-state index in [1.54, 1.807) is 18.2 Å². The van der Waals surface area contributed by atoms with Gasteiger partial charge in [-0.05, 0) is 43.7 Å². The number of halogens is 3. The maximum absolute atomic E-state index is 12.9. The largest absolute Gasteiger partial charge is 0.484 e. The Bertz CT molecular complexity index is 800. The Morgan fingerprint density at radius 1 is 1.12 bits per heavy atom. The van der Waals surface area contributed by atoms with Crippen molar-refractivity contribution in [1.82, 2.24) is 0 Å². The molecule has 0 bridgehead atoms. The summed E-state index contributed by atoms with van der Waals surface area (Å²) in [5, 5.41) is 2.36. The maximum atomic E-state index is 12.9. The molecule has 0 unspecified atom stereocenters. The molecule has 0 aliphatic rings. The first-order valence-electron chi connectivity index (χ1n) is 7.38. The number of ketones is 1. The lowest BCUT2D eigenvalue weighted by atomic mass is 10.1. The molecule has 0 spiro atoms. The number of amides is 1. The molecule has 1 N–H and O–H groups in total. The zero-order chi connectivity index (χ0) is 18.6. The number of hydrogen-bond donors (Lipinski definition) is 1. The van der Waals surface area contributed by atoms with E-state index in [0.717, 1.165) is 6.07 Å². The van der Waals surface area contributed by atoms with Crippen LogP contribution in [-0.2, 0) is 11.0 Å². The van der Waals surface area contributed by atoms with Gasteiger partial charge >= 0.3 is 6.18 Å². The van der Waals surface area contributed by atoms with Gasteiger partial charge in [0.2, 0.25) is 0 Å². The van der Waals surface area contributed by atoms with Crippen LogP contribution < -0.4 is 10.1 Å². The number of nitrogens with one attached hydrogen (secondary N) is 1. The standard InChI is InChI=1S/C18H16F3NO3/c1-11-6-7-14(9-16(11)18(19,20)21)22-17(24)10-25-15-5-3-4-13(8-15)12(2)23/h3-9H,10H2,1-2H3,(H,22,24). The van der Waals surface area contributed by atoms with Crippen molar-refractivity contribution in [1.29, 1.82) is 0 Å². The van der Waals surface area contributed by atoms with Crippen molar-refractivity contribution in [2.75, 3.05) is 11.9 Å². The van der Waals surface area contributed by atoms with Crippen molar-refractivity contribution in [3.05, 3.63) is 59.2 Å². The molecule has 0 aliphatic carbocycles. The van der Waals surface area contributed by atoms with Crippen molar-refractivity contribution < 1.29 is 27.5 Å². The zero-order valence-electron chi connectivity index (χ0n) is 13.6. The van der Waals surface area contributed by atoms with E-state index in [4.69, 9.17) is 4.74 Å². The molecule has 0 atom stereocenters. The van der Waals surface area contributed by atoms with E-state index >= 15 is 0 Å². The van der Waals surface area contributed by atoms with E-state index in [2.05, 4.69) is 5.32 Å². The molecule has 2 aromatic rings. The lowest BCUT2D eigenvalue weighted by molar-refractivity contribution is -0.138. The Hall–Kier alpha value is -2.83. The molecule has 0 saturated carbocycles. The Labute approximate surface area is 142 Å². The molecule has 4 nitrogen and oxygen atoms in total. The van der Waals surface area contributed by atoms with Crippen LogP contribution in [0.2, 0.25) is 0 Å². The first-order chi connectivity index (χ1) is 11.7. The van der Waals surface area contributed by atoms with Crippen molar-refractivity contribution in [3.63, 3.8) is 0 Å². The number of alkyl halides is 3. The lowest BCUT2D eigenvalue weighted by Crippen LogP contribution is -2.20. The second-order valence-electron chi connectivity index (χ2n) is 5.45. The Kier molecular flexibility index (Phi) is 5.46. The molecule has 2 aromatic carbocycles. The van der Waals surface area contributed by atoms with Crippen molar-refractivity contribution in [2.24, 2.45) is 0 Å². The fraction of sp³-hybridized carbons (Fsp3) is 0.222. The highest BCUT2D eigenvalue weighted by Gasteiger charge is 2.32. The molecule has 132 valence electrons. The summed E-state index contributed by atoms with van der Waals surface area (Å²) in [5.41, 5.74) is -0.265. The number of benzene rings is 2. The fourth-order valence-electron chi connectivity index (χ4n) is 2.16. The van der Waals surface area contributed by atoms with Crippen molar-refractivity contribution in [2.45, 2.75) is 20.0 Å². The second-order valence-corrected chi connectivity index (χ2v) is 5.45. The highest BCUT2D eigenvalue weighted by atomic mass is 19.4. The number of aryl methyl sites for hydroxylation is 1. The summed E-state index contributed by atoms with van der Waals surface area (Å²) in [6, 6.07) is 9.84. The predicted molar refractivity (Wildman–Crippen MR) is 86.8 cm³/mol. The number of ether oxygens (including phenoxy) is 1. The minimum Gasteiger partial charge on any atom is -0.484 e. The van der Waals surface area contributed by atoms with Crippen LogP contribution in [0.15, 0.2) is 42.5 Å². The van der Waals surface area contributed by atoms with Crippen LogP contribution in [-0.4, -0.2) is 18.3 Å².